The molecule has 1 saturated heterocycles. The Morgan fingerprint density at radius 3 is 2.62 bits per heavy atom. The molecule has 0 unspecified atom stereocenters. The molecule has 0 bridgehead atoms. The topological polar surface area (TPSA) is 62.6 Å². The van der Waals surface area contributed by atoms with E-state index in [0.29, 0.717) is 18.5 Å². The third kappa shape index (κ3) is 2.65. The van der Waals surface area contributed by atoms with Gasteiger partial charge in [0.2, 0.25) is 5.91 Å². The molecule has 5 nitrogen and oxygen atoms in total. The molecule has 1 aliphatic heterocycles. The summed E-state index contributed by atoms with van der Waals surface area (Å²) in [6, 6.07) is 18.4. The van der Waals surface area contributed by atoms with Crippen LogP contribution >= 0.6 is 0 Å². The highest BCUT2D eigenvalue weighted by atomic mass is 16.3. The average Bonchev–Trinajstić information content (AvgIpc) is 3.19. The standard InChI is InChI=1S/C19H16N2O3/c22-18-11-14(12-21(18)15-7-2-1-3-8-15)20-19(23)17-10-13-6-4-5-9-16(13)24-17/h1-10,14H,11-12H2,(H,20,23)/t14-/m1/s1. The molecule has 0 radical (unpaired) electrons. The van der Waals surface area contributed by atoms with E-state index in [2.05, 4.69) is 5.32 Å². The fraction of sp³-hybridized carbons (Fsp3) is 0.158. The Kier molecular flexibility index (Phi) is 3.54. The Balaban J connectivity index is 1.47. The minimum Gasteiger partial charge on any atom is -0.451 e. The van der Waals surface area contributed by atoms with Crippen molar-refractivity contribution in [1.29, 1.82) is 0 Å². The molecule has 0 saturated carbocycles. The van der Waals surface area contributed by atoms with Crippen LogP contribution in [-0.2, 0) is 4.79 Å². The number of benzene rings is 2. The second-order valence-electron chi connectivity index (χ2n) is 5.86. The van der Waals surface area contributed by atoms with Crippen molar-refractivity contribution in [2.75, 3.05) is 11.4 Å². The number of amides is 2. The molecule has 120 valence electrons. The Labute approximate surface area is 138 Å². The zero-order valence-electron chi connectivity index (χ0n) is 12.9. The molecular formula is C19H16N2O3. The summed E-state index contributed by atoms with van der Waals surface area (Å²) in [7, 11) is 0. The van der Waals surface area contributed by atoms with Crippen LogP contribution in [0.5, 0.6) is 0 Å². The number of para-hydroxylation sites is 2. The zero-order chi connectivity index (χ0) is 16.5. The zero-order valence-corrected chi connectivity index (χ0v) is 12.9. The summed E-state index contributed by atoms with van der Waals surface area (Å²) in [5.74, 6) is -0.0168. The van der Waals surface area contributed by atoms with Gasteiger partial charge in [0, 0.05) is 24.0 Å². The molecule has 24 heavy (non-hydrogen) atoms. The lowest BCUT2D eigenvalue weighted by molar-refractivity contribution is -0.117. The van der Waals surface area contributed by atoms with E-state index in [9.17, 15) is 9.59 Å². The Morgan fingerprint density at radius 2 is 1.83 bits per heavy atom. The van der Waals surface area contributed by atoms with Gasteiger partial charge in [0.25, 0.3) is 5.91 Å². The third-order valence-electron chi connectivity index (χ3n) is 4.18. The van der Waals surface area contributed by atoms with Crippen LogP contribution in [0.15, 0.2) is 65.1 Å². The summed E-state index contributed by atoms with van der Waals surface area (Å²) >= 11 is 0. The predicted molar refractivity (Wildman–Crippen MR) is 90.9 cm³/mol. The van der Waals surface area contributed by atoms with Crippen molar-refractivity contribution in [1.82, 2.24) is 5.32 Å². The van der Waals surface area contributed by atoms with E-state index in [-0.39, 0.29) is 23.6 Å². The van der Waals surface area contributed by atoms with Gasteiger partial charge in [-0.25, -0.2) is 0 Å². The van der Waals surface area contributed by atoms with Crippen molar-refractivity contribution in [3.05, 3.63) is 66.4 Å². The minimum atomic E-state index is -0.293. The Bertz CT molecular complexity index is 868. The van der Waals surface area contributed by atoms with Gasteiger partial charge >= 0.3 is 0 Å². The molecule has 1 aromatic heterocycles. The first-order chi connectivity index (χ1) is 11.7. The molecule has 5 heteroatoms. The molecule has 3 aromatic rings. The average molecular weight is 320 g/mol. The monoisotopic (exact) mass is 320 g/mol. The van der Waals surface area contributed by atoms with E-state index >= 15 is 0 Å². The van der Waals surface area contributed by atoms with Gasteiger partial charge in [-0.05, 0) is 24.3 Å². The number of rotatable bonds is 3. The third-order valence-corrected chi connectivity index (χ3v) is 4.18. The summed E-state index contributed by atoms with van der Waals surface area (Å²) in [5, 5.41) is 3.78. The molecule has 2 aromatic carbocycles. The van der Waals surface area contributed by atoms with Crippen LogP contribution in [0.2, 0.25) is 0 Å². The van der Waals surface area contributed by atoms with Gasteiger partial charge in [-0.1, -0.05) is 36.4 Å². The number of hydrogen-bond donors (Lipinski definition) is 1. The first-order valence-corrected chi connectivity index (χ1v) is 7.85. The van der Waals surface area contributed by atoms with E-state index < -0.39 is 0 Å². The van der Waals surface area contributed by atoms with E-state index in [1.807, 2.05) is 54.6 Å². The maximum absolute atomic E-state index is 12.4. The molecule has 2 amide bonds. The van der Waals surface area contributed by atoms with E-state index in [4.69, 9.17) is 4.42 Å². The van der Waals surface area contributed by atoms with Gasteiger partial charge < -0.3 is 14.6 Å². The molecule has 0 spiro atoms. The lowest BCUT2D eigenvalue weighted by Crippen LogP contribution is -2.37. The number of anilines is 1. The molecular weight excluding hydrogens is 304 g/mol. The molecule has 1 atom stereocenters. The summed E-state index contributed by atoms with van der Waals surface area (Å²) < 4.78 is 5.57. The molecule has 1 aliphatic rings. The number of furan rings is 1. The maximum atomic E-state index is 12.4. The van der Waals surface area contributed by atoms with Crippen LogP contribution in [0, 0.1) is 0 Å². The normalized spacial score (nSPS) is 17.4. The van der Waals surface area contributed by atoms with Gasteiger partial charge in [0.1, 0.15) is 5.58 Å². The largest absolute Gasteiger partial charge is 0.451 e. The van der Waals surface area contributed by atoms with Gasteiger partial charge in [-0.15, -0.1) is 0 Å². The highest BCUT2D eigenvalue weighted by Crippen LogP contribution is 2.22. The summed E-state index contributed by atoms with van der Waals surface area (Å²) in [5.41, 5.74) is 1.53. The first kappa shape index (κ1) is 14.5. The van der Waals surface area contributed by atoms with Crippen molar-refractivity contribution in [3.8, 4) is 0 Å². The SMILES string of the molecule is O=C(N[C@@H]1CC(=O)N(c2ccccc2)C1)c1cc2ccccc2o1. The molecule has 1 N–H and O–H groups in total. The van der Waals surface area contributed by atoms with Crippen LogP contribution in [0.1, 0.15) is 17.0 Å². The number of hydrogen-bond acceptors (Lipinski definition) is 3. The van der Waals surface area contributed by atoms with Crippen molar-refractivity contribution in [3.63, 3.8) is 0 Å². The van der Waals surface area contributed by atoms with Crippen molar-refractivity contribution < 1.29 is 14.0 Å². The number of fused-ring (bicyclic) bond motifs is 1. The molecule has 0 aliphatic carbocycles. The van der Waals surface area contributed by atoms with Gasteiger partial charge in [-0.2, -0.15) is 0 Å². The van der Waals surface area contributed by atoms with Crippen LogP contribution in [0.25, 0.3) is 11.0 Å². The Hall–Kier alpha value is -3.08. The van der Waals surface area contributed by atoms with Gasteiger partial charge in [0.15, 0.2) is 5.76 Å². The number of nitrogens with one attached hydrogen (secondary N) is 1. The minimum absolute atomic E-state index is 0.0103. The van der Waals surface area contributed by atoms with Crippen LogP contribution in [0.3, 0.4) is 0 Å². The van der Waals surface area contributed by atoms with Crippen LogP contribution in [-0.4, -0.2) is 24.4 Å². The van der Waals surface area contributed by atoms with Crippen LogP contribution < -0.4 is 10.2 Å². The smallest absolute Gasteiger partial charge is 0.287 e. The maximum Gasteiger partial charge on any atom is 0.287 e. The molecule has 1 fully saturated rings. The van der Waals surface area contributed by atoms with Crippen molar-refractivity contribution in [2.24, 2.45) is 0 Å². The second kappa shape index (κ2) is 5.85. The van der Waals surface area contributed by atoms with Gasteiger partial charge in [-0.3, -0.25) is 9.59 Å². The fourth-order valence-corrected chi connectivity index (χ4v) is 3.01. The van der Waals surface area contributed by atoms with E-state index in [1.54, 1.807) is 11.0 Å². The highest BCUT2D eigenvalue weighted by molar-refractivity contribution is 5.99. The van der Waals surface area contributed by atoms with Crippen molar-refractivity contribution >= 4 is 28.5 Å². The lowest BCUT2D eigenvalue weighted by Gasteiger charge is -2.16. The van der Waals surface area contributed by atoms with E-state index in [1.165, 1.54) is 0 Å². The van der Waals surface area contributed by atoms with E-state index in [0.717, 1.165) is 11.1 Å². The number of nitrogens with zero attached hydrogens (tertiary/aromatic N) is 1. The highest BCUT2D eigenvalue weighted by Gasteiger charge is 2.32. The van der Waals surface area contributed by atoms with Gasteiger partial charge in [0.05, 0.1) is 6.04 Å². The van der Waals surface area contributed by atoms with Crippen LogP contribution in [0.4, 0.5) is 5.69 Å². The summed E-state index contributed by atoms with van der Waals surface area (Å²) in [6.07, 6.45) is 0.293. The second-order valence-corrected chi connectivity index (χ2v) is 5.86. The summed E-state index contributed by atoms with van der Waals surface area (Å²) in [4.78, 5) is 26.3. The lowest BCUT2D eigenvalue weighted by atomic mass is 10.2. The first-order valence-electron chi connectivity index (χ1n) is 7.85. The Morgan fingerprint density at radius 1 is 1.08 bits per heavy atom. The summed E-state index contributed by atoms with van der Waals surface area (Å²) in [6.45, 7) is 0.467. The number of carbonyl (C=O) groups is 2. The molecule has 4 rings (SSSR count). The quantitative estimate of drug-likeness (QED) is 0.807. The molecule has 2 heterocycles. The number of carbonyl (C=O) groups excluding carboxylic acids is 2. The fourth-order valence-electron chi connectivity index (χ4n) is 3.01. The predicted octanol–water partition coefficient (Wildman–Crippen LogP) is 2.97. The van der Waals surface area contributed by atoms with Crippen molar-refractivity contribution in [2.45, 2.75) is 12.5 Å².